The van der Waals surface area contributed by atoms with Crippen LogP contribution in [0.5, 0.6) is 5.75 Å². The molecule has 1 amide bonds. The molecule has 3 aromatic rings. The number of aryl methyl sites for hydroxylation is 4. The summed E-state index contributed by atoms with van der Waals surface area (Å²) in [5.41, 5.74) is 4.45. The molecule has 136 valence electrons. The lowest BCUT2D eigenvalue weighted by Gasteiger charge is -2.07. The van der Waals surface area contributed by atoms with Gasteiger partial charge in [-0.3, -0.25) is 9.48 Å². The second-order valence-corrected chi connectivity index (χ2v) is 7.21. The maximum absolute atomic E-state index is 12.4. The fourth-order valence-electron chi connectivity index (χ4n) is 2.61. The molecule has 0 atom stereocenters. The molecule has 2 aromatic heterocycles. The van der Waals surface area contributed by atoms with Gasteiger partial charge in [-0.15, -0.1) is 11.3 Å². The molecule has 0 aliphatic carbocycles. The maximum Gasteiger partial charge on any atom is 0.266 e. The van der Waals surface area contributed by atoms with Crippen molar-refractivity contribution in [2.24, 2.45) is 0 Å². The van der Waals surface area contributed by atoms with Gasteiger partial charge in [0, 0.05) is 23.9 Å². The van der Waals surface area contributed by atoms with Gasteiger partial charge >= 0.3 is 0 Å². The number of thiophene rings is 1. The normalized spacial score (nSPS) is 10.8. The zero-order valence-electron chi connectivity index (χ0n) is 15.5. The molecule has 0 unspecified atom stereocenters. The number of nitrogens with one attached hydrogen (secondary N) is 1. The lowest BCUT2D eigenvalue weighted by Crippen LogP contribution is -2.11. The van der Waals surface area contributed by atoms with Crippen molar-refractivity contribution in [2.75, 3.05) is 5.32 Å². The number of aromatic nitrogens is 2. The predicted molar refractivity (Wildman–Crippen MR) is 105 cm³/mol. The van der Waals surface area contributed by atoms with E-state index in [1.165, 1.54) is 22.5 Å². The average molecular weight is 369 g/mol. The summed E-state index contributed by atoms with van der Waals surface area (Å²) in [5.74, 6) is 1.27. The largest absolute Gasteiger partial charge is 0.489 e. The molecule has 6 heteroatoms. The molecule has 0 aliphatic heterocycles. The Bertz CT molecular complexity index is 927. The second-order valence-electron chi connectivity index (χ2n) is 6.29. The van der Waals surface area contributed by atoms with Crippen LogP contribution in [0.25, 0.3) is 0 Å². The highest BCUT2D eigenvalue weighted by atomic mass is 32.1. The van der Waals surface area contributed by atoms with E-state index in [-0.39, 0.29) is 5.91 Å². The van der Waals surface area contributed by atoms with Gasteiger partial charge in [-0.2, -0.15) is 5.10 Å². The summed E-state index contributed by atoms with van der Waals surface area (Å²) >= 11 is 1.41. The Morgan fingerprint density at radius 3 is 2.69 bits per heavy atom. The van der Waals surface area contributed by atoms with E-state index in [1.807, 2.05) is 48.2 Å². The Kier molecular flexibility index (Phi) is 5.42. The molecular weight excluding hydrogens is 346 g/mol. The van der Waals surface area contributed by atoms with E-state index in [0.29, 0.717) is 17.3 Å². The number of carbonyl (C=O) groups excluding carboxylic acids is 1. The molecule has 1 N–H and O–H groups in total. The van der Waals surface area contributed by atoms with Crippen LogP contribution in [0.2, 0.25) is 0 Å². The van der Waals surface area contributed by atoms with Gasteiger partial charge in [0.1, 0.15) is 12.4 Å². The monoisotopic (exact) mass is 369 g/mol. The van der Waals surface area contributed by atoms with Crippen molar-refractivity contribution in [3.8, 4) is 5.75 Å². The van der Waals surface area contributed by atoms with Crippen molar-refractivity contribution in [3.05, 3.63) is 63.0 Å². The predicted octanol–water partition coefficient (Wildman–Crippen LogP) is 4.72. The molecule has 0 spiro atoms. The van der Waals surface area contributed by atoms with Crippen LogP contribution >= 0.6 is 11.3 Å². The number of amides is 1. The SMILES string of the molecule is CCn1nc(NC(=O)c2cc(COc3ccc(C)c(C)c3)cs2)cc1C. The van der Waals surface area contributed by atoms with Gasteiger partial charge in [0.2, 0.25) is 0 Å². The number of hydrogen-bond donors (Lipinski definition) is 1. The first-order valence-electron chi connectivity index (χ1n) is 8.59. The molecule has 0 saturated carbocycles. The molecule has 0 bridgehead atoms. The van der Waals surface area contributed by atoms with Crippen LogP contribution in [0.4, 0.5) is 5.82 Å². The Morgan fingerprint density at radius 1 is 1.19 bits per heavy atom. The number of ether oxygens (including phenoxy) is 1. The number of anilines is 1. The maximum atomic E-state index is 12.4. The van der Waals surface area contributed by atoms with Crippen molar-refractivity contribution in [1.82, 2.24) is 9.78 Å². The summed E-state index contributed by atoms with van der Waals surface area (Å²) in [6.45, 7) is 9.35. The van der Waals surface area contributed by atoms with E-state index in [2.05, 4.69) is 30.3 Å². The van der Waals surface area contributed by atoms with E-state index < -0.39 is 0 Å². The van der Waals surface area contributed by atoms with Crippen molar-refractivity contribution < 1.29 is 9.53 Å². The van der Waals surface area contributed by atoms with Gasteiger partial charge in [-0.25, -0.2) is 0 Å². The van der Waals surface area contributed by atoms with Crippen molar-refractivity contribution in [3.63, 3.8) is 0 Å². The summed E-state index contributed by atoms with van der Waals surface area (Å²) in [7, 11) is 0. The van der Waals surface area contributed by atoms with E-state index >= 15 is 0 Å². The minimum atomic E-state index is -0.145. The van der Waals surface area contributed by atoms with Crippen LogP contribution in [0.1, 0.15) is 39.0 Å². The van der Waals surface area contributed by atoms with E-state index in [0.717, 1.165) is 23.6 Å². The Labute approximate surface area is 157 Å². The first-order chi connectivity index (χ1) is 12.5. The fraction of sp³-hybridized carbons (Fsp3) is 0.300. The van der Waals surface area contributed by atoms with Crippen LogP contribution in [0, 0.1) is 20.8 Å². The van der Waals surface area contributed by atoms with Crippen molar-refractivity contribution >= 4 is 23.1 Å². The Morgan fingerprint density at radius 2 is 2.00 bits per heavy atom. The molecule has 0 radical (unpaired) electrons. The third kappa shape index (κ3) is 4.14. The lowest BCUT2D eigenvalue weighted by atomic mass is 10.1. The fourth-order valence-corrected chi connectivity index (χ4v) is 3.40. The molecule has 0 saturated heterocycles. The van der Waals surface area contributed by atoms with Gasteiger partial charge in [-0.05, 0) is 62.4 Å². The smallest absolute Gasteiger partial charge is 0.266 e. The topological polar surface area (TPSA) is 56.2 Å². The summed E-state index contributed by atoms with van der Waals surface area (Å²) in [6.07, 6.45) is 0. The van der Waals surface area contributed by atoms with Gasteiger partial charge in [0.25, 0.3) is 5.91 Å². The highest BCUT2D eigenvalue weighted by molar-refractivity contribution is 7.12. The highest BCUT2D eigenvalue weighted by Crippen LogP contribution is 2.21. The minimum Gasteiger partial charge on any atom is -0.489 e. The average Bonchev–Trinajstić information content (AvgIpc) is 3.22. The molecule has 26 heavy (non-hydrogen) atoms. The molecular formula is C20H23N3O2S. The Hall–Kier alpha value is -2.60. The summed E-state index contributed by atoms with van der Waals surface area (Å²) in [5, 5.41) is 9.16. The van der Waals surface area contributed by atoms with E-state index in [9.17, 15) is 4.79 Å². The van der Waals surface area contributed by atoms with Crippen molar-refractivity contribution in [1.29, 1.82) is 0 Å². The first-order valence-corrected chi connectivity index (χ1v) is 9.47. The first kappa shape index (κ1) is 18.2. The zero-order valence-corrected chi connectivity index (χ0v) is 16.3. The Balaban J connectivity index is 1.61. The molecule has 0 aliphatic rings. The van der Waals surface area contributed by atoms with E-state index in [4.69, 9.17) is 4.74 Å². The van der Waals surface area contributed by atoms with Crippen LogP contribution in [-0.4, -0.2) is 15.7 Å². The van der Waals surface area contributed by atoms with Crippen LogP contribution in [-0.2, 0) is 13.2 Å². The number of benzene rings is 1. The van der Waals surface area contributed by atoms with Gasteiger partial charge < -0.3 is 10.1 Å². The van der Waals surface area contributed by atoms with E-state index in [1.54, 1.807) is 0 Å². The highest BCUT2D eigenvalue weighted by Gasteiger charge is 2.12. The zero-order chi connectivity index (χ0) is 18.7. The summed E-state index contributed by atoms with van der Waals surface area (Å²) < 4.78 is 7.69. The summed E-state index contributed by atoms with van der Waals surface area (Å²) in [6, 6.07) is 9.79. The number of rotatable bonds is 6. The van der Waals surface area contributed by atoms with Gasteiger partial charge in [0.15, 0.2) is 5.82 Å². The number of hydrogen-bond acceptors (Lipinski definition) is 4. The third-order valence-corrected chi connectivity index (χ3v) is 5.26. The van der Waals surface area contributed by atoms with Crippen molar-refractivity contribution in [2.45, 2.75) is 40.8 Å². The van der Waals surface area contributed by atoms with Crippen LogP contribution in [0.3, 0.4) is 0 Å². The lowest BCUT2D eigenvalue weighted by molar-refractivity contribution is 0.103. The number of nitrogens with zero attached hydrogens (tertiary/aromatic N) is 2. The second kappa shape index (κ2) is 7.74. The molecule has 3 rings (SSSR count). The standard InChI is InChI=1S/C20H23N3O2S/c1-5-23-15(4)9-19(22-23)21-20(24)18-10-16(12-26-18)11-25-17-7-6-13(2)14(3)8-17/h6-10,12H,5,11H2,1-4H3,(H,21,22,24). The molecule has 5 nitrogen and oxygen atoms in total. The van der Waals surface area contributed by atoms with Crippen LogP contribution in [0.15, 0.2) is 35.7 Å². The van der Waals surface area contributed by atoms with Gasteiger partial charge in [-0.1, -0.05) is 6.07 Å². The molecule has 2 heterocycles. The quantitative estimate of drug-likeness (QED) is 0.684. The number of carbonyl (C=O) groups is 1. The third-order valence-electron chi connectivity index (χ3n) is 4.28. The molecule has 0 fully saturated rings. The minimum absolute atomic E-state index is 0.145. The van der Waals surface area contributed by atoms with Gasteiger partial charge in [0.05, 0.1) is 4.88 Å². The summed E-state index contributed by atoms with van der Waals surface area (Å²) in [4.78, 5) is 13.0. The van der Waals surface area contributed by atoms with Crippen LogP contribution < -0.4 is 10.1 Å². The molecule has 1 aromatic carbocycles.